The zero-order chi connectivity index (χ0) is 14.4. The molecule has 0 aliphatic carbocycles. The summed E-state index contributed by atoms with van der Waals surface area (Å²) in [5.41, 5.74) is 9.05. The molecule has 0 unspecified atom stereocenters. The summed E-state index contributed by atoms with van der Waals surface area (Å²) in [5, 5.41) is 15.5. The fraction of sp³-hybridized carbons (Fsp3) is 0.0667. The summed E-state index contributed by atoms with van der Waals surface area (Å²) in [5.74, 6) is 1.19. The number of H-pyrrole nitrogens is 1. The molecule has 0 aliphatic heterocycles. The van der Waals surface area contributed by atoms with Crippen LogP contribution in [0.15, 0.2) is 35.7 Å². The maximum absolute atomic E-state index is 6.01. The van der Waals surface area contributed by atoms with Crippen LogP contribution in [-0.2, 0) is 0 Å². The molecule has 0 fully saturated rings. The smallest absolute Gasteiger partial charge is 0.156 e. The van der Waals surface area contributed by atoms with Crippen molar-refractivity contribution in [2.75, 3.05) is 11.1 Å². The highest BCUT2D eigenvalue weighted by Gasteiger charge is 2.14. The van der Waals surface area contributed by atoms with E-state index in [0.29, 0.717) is 5.82 Å². The molecule has 5 nitrogen and oxygen atoms in total. The van der Waals surface area contributed by atoms with Gasteiger partial charge in [0.2, 0.25) is 0 Å². The fourth-order valence-electron chi connectivity index (χ4n) is 2.45. The minimum absolute atomic E-state index is 0.457. The number of nitrogen functional groups attached to an aromatic ring is 1. The van der Waals surface area contributed by atoms with Crippen molar-refractivity contribution in [3.63, 3.8) is 0 Å². The Hall–Kier alpha value is -2.60. The molecule has 3 heterocycles. The predicted octanol–water partition coefficient (Wildman–Crippen LogP) is 3.81. The van der Waals surface area contributed by atoms with Crippen LogP contribution in [0.2, 0.25) is 0 Å². The first-order valence-electron chi connectivity index (χ1n) is 6.57. The number of nitrogens with zero attached hydrogens (tertiary/aromatic N) is 2. The topological polar surface area (TPSA) is 79.6 Å². The first kappa shape index (κ1) is 12.2. The van der Waals surface area contributed by atoms with Crippen molar-refractivity contribution in [1.82, 2.24) is 15.2 Å². The fourth-order valence-corrected chi connectivity index (χ4v) is 3.24. The molecule has 6 heteroatoms. The van der Waals surface area contributed by atoms with Crippen molar-refractivity contribution in [2.45, 2.75) is 6.92 Å². The second-order valence-electron chi connectivity index (χ2n) is 4.95. The van der Waals surface area contributed by atoms with Gasteiger partial charge >= 0.3 is 0 Å². The average Bonchev–Trinajstić information content (AvgIpc) is 3.06. The van der Waals surface area contributed by atoms with Gasteiger partial charge in [-0.25, -0.2) is 4.98 Å². The third kappa shape index (κ3) is 1.92. The second-order valence-corrected chi connectivity index (χ2v) is 5.86. The van der Waals surface area contributed by atoms with Gasteiger partial charge in [-0.1, -0.05) is 18.2 Å². The molecule has 0 bridgehead atoms. The number of nitrogens with two attached hydrogens (primary N) is 1. The van der Waals surface area contributed by atoms with E-state index < -0.39 is 0 Å². The highest BCUT2D eigenvalue weighted by atomic mass is 32.1. The van der Waals surface area contributed by atoms with Crippen LogP contribution >= 0.6 is 11.3 Å². The number of para-hydroxylation sites is 1. The van der Waals surface area contributed by atoms with Crippen LogP contribution in [0, 0.1) is 6.92 Å². The Labute approximate surface area is 124 Å². The van der Waals surface area contributed by atoms with Gasteiger partial charge in [0.25, 0.3) is 0 Å². The Bertz CT molecular complexity index is 953. The Kier molecular flexibility index (Phi) is 2.58. The number of aromatic amines is 1. The molecule has 0 spiro atoms. The van der Waals surface area contributed by atoms with Crippen molar-refractivity contribution in [2.24, 2.45) is 0 Å². The van der Waals surface area contributed by atoms with Crippen molar-refractivity contribution in [1.29, 1.82) is 0 Å². The first-order valence-corrected chi connectivity index (χ1v) is 7.45. The number of fused-ring (bicyclic) bond motifs is 3. The number of thiophene rings is 1. The summed E-state index contributed by atoms with van der Waals surface area (Å²) in [7, 11) is 0. The molecule has 3 aromatic heterocycles. The minimum atomic E-state index is 0.457. The summed E-state index contributed by atoms with van der Waals surface area (Å²) in [6, 6.07) is 10.0. The van der Waals surface area contributed by atoms with Gasteiger partial charge in [-0.05, 0) is 30.0 Å². The summed E-state index contributed by atoms with van der Waals surface area (Å²) in [6.07, 6.45) is 0. The second kappa shape index (κ2) is 4.46. The number of nitrogens with one attached hydrogen (secondary N) is 2. The Morgan fingerprint density at radius 3 is 2.95 bits per heavy atom. The van der Waals surface area contributed by atoms with Crippen LogP contribution in [0.1, 0.15) is 5.56 Å². The first-order chi connectivity index (χ1) is 10.2. The van der Waals surface area contributed by atoms with Crippen molar-refractivity contribution in [3.05, 3.63) is 41.3 Å². The van der Waals surface area contributed by atoms with Crippen molar-refractivity contribution < 1.29 is 0 Å². The van der Waals surface area contributed by atoms with E-state index in [9.17, 15) is 0 Å². The van der Waals surface area contributed by atoms with Gasteiger partial charge in [-0.15, -0.1) is 11.3 Å². The number of aromatic nitrogens is 3. The van der Waals surface area contributed by atoms with Crippen LogP contribution in [0.25, 0.3) is 21.8 Å². The van der Waals surface area contributed by atoms with Crippen LogP contribution in [0.3, 0.4) is 0 Å². The zero-order valence-corrected chi connectivity index (χ0v) is 12.2. The van der Waals surface area contributed by atoms with E-state index in [4.69, 9.17) is 10.7 Å². The molecular formula is C15H13N5S. The molecule has 1 aromatic carbocycles. The normalized spacial score (nSPS) is 11.3. The van der Waals surface area contributed by atoms with E-state index in [0.717, 1.165) is 32.6 Å². The van der Waals surface area contributed by atoms with Gasteiger partial charge in [0.15, 0.2) is 5.82 Å². The molecule has 104 valence electrons. The van der Waals surface area contributed by atoms with Gasteiger partial charge in [-0.2, -0.15) is 5.10 Å². The van der Waals surface area contributed by atoms with Gasteiger partial charge in [0.05, 0.1) is 21.4 Å². The quantitative estimate of drug-likeness (QED) is 0.525. The lowest BCUT2D eigenvalue weighted by atomic mass is 10.1. The van der Waals surface area contributed by atoms with Gasteiger partial charge in [0.1, 0.15) is 5.82 Å². The lowest BCUT2D eigenvalue weighted by molar-refractivity contribution is 1.13. The van der Waals surface area contributed by atoms with Crippen LogP contribution in [0.5, 0.6) is 0 Å². The summed E-state index contributed by atoms with van der Waals surface area (Å²) in [6.45, 7) is 2.07. The number of pyridine rings is 1. The van der Waals surface area contributed by atoms with E-state index in [2.05, 4.69) is 33.9 Å². The minimum Gasteiger partial charge on any atom is -0.382 e. The highest BCUT2D eigenvalue weighted by molar-refractivity contribution is 7.14. The zero-order valence-electron chi connectivity index (χ0n) is 11.3. The number of hydrogen-bond acceptors (Lipinski definition) is 5. The third-order valence-electron chi connectivity index (χ3n) is 3.41. The highest BCUT2D eigenvalue weighted by Crippen LogP contribution is 2.34. The average molecular weight is 295 g/mol. The van der Waals surface area contributed by atoms with Crippen molar-refractivity contribution >= 4 is 49.8 Å². The molecule has 4 aromatic rings. The number of rotatable bonds is 2. The molecular weight excluding hydrogens is 282 g/mol. The number of aryl methyl sites for hydroxylation is 1. The molecule has 0 amide bonds. The van der Waals surface area contributed by atoms with Crippen LogP contribution < -0.4 is 11.1 Å². The molecule has 0 saturated carbocycles. The molecule has 4 rings (SSSR count). The monoisotopic (exact) mass is 295 g/mol. The number of benzene rings is 1. The van der Waals surface area contributed by atoms with E-state index >= 15 is 0 Å². The maximum Gasteiger partial charge on any atom is 0.156 e. The number of anilines is 3. The van der Waals surface area contributed by atoms with Gasteiger partial charge in [0, 0.05) is 5.39 Å². The van der Waals surface area contributed by atoms with E-state index in [-0.39, 0.29) is 0 Å². The molecule has 4 N–H and O–H groups in total. The van der Waals surface area contributed by atoms with Gasteiger partial charge in [-0.3, -0.25) is 5.10 Å². The van der Waals surface area contributed by atoms with Gasteiger partial charge < -0.3 is 11.1 Å². The van der Waals surface area contributed by atoms with E-state index in [1.165, 1.54) is 5.56 Å². The van der Waals surface area contributed by atoms with E-state index in [1.807, 2.05) is 24.3 Å². The van der Waals surface area contributed by atoms with Crippen molar-refractivity contribution in [3.8, 4) is 0 Å². The van der Waals surface area contributed by atoms with Crippen LogP contribution in [0.4, 0.5) is 16.6 Å². The predicted molar refractivity (Wildman–Crippen MR) is 88.1 cm³/mol. The van der Waals surface area contributed by atoms with E-state index in [1.54, 1.807) is 11.3 Å². The Morgan fingerprint density at radius 1 is 1.29 bits per heavy atom. The molecule has 0 radical (unpaired) electrons. The summed E-state index contributed by atoms with van der Waals surface area (Å²) < 4.78 is 0. The molecule has 21 heavy (non-hydrogen) atoms. The lowest BCUT2D eigenvalue weighted by Gasteiger charge is -2.07. The summed E-state index contributed by atoms with van der Waals surface area (Å²) >= 11 is 1.64. The number of hydrogen-bond donors (Lipinski definition) is 3. The molecule has 0 aliphatic rings. The molecule has 0 saturated heterocycles. The Balaban J connectivity index is 1.99. The largest absolute Gasteiger partial charge is 0.382 e. The lowest BCUT2D eigenvalue weighted by Crippen LogP contribution is -1.95. The maximum atomic E-state index is 6.01. The third-order valence-corrected chi connectivity index (χ3v) is 4.37. The Morgan fingerprint density at radius 2 is 2.14 bits per heavy atom. The molecule has 0 atom stereocenters. The SMILES string of the molecule is Cc1csc(Nc2nc3ccccc3c3[nH]nc(N)c23)c1. The standard InChI is InChI=1S/C15H13N5S/c1-8-6-11(21-7-8)18-15-12-13(19-20-14(12)16)9-4-2-3-5-10(9)17-15/h2-7H,1H3,(H,17,18)(H3,16,19,20). The van der Waals surface area contributed by atoms with Crippen LogP contribution in [-0.4, -0.2) is 15.2 Å². The summed E-state index contributed by atoms with van der Waals surface area (Å²) in [4.78, 5) is 4.70.